The topological polar surface area (TPSA) is 68.0 Å². The number of aromatic carboxylic acids is 1. The predicted octanol–water partition coefficient (Wildman–Crippen LogP) is 3.39. The molecule has 106 valence electrons. The number of halogens is 1. The first-order valence-corrected chi connectivity index (χ1v) is 6.69. The number of hydrogen-bond acceptors (Lipinski definition) is 3. The van der Waals surface area contributed by atoms with Crippen molar-refractivity contribution in [3.63, 3.8) is 0 Å². The Morgan fingerprint density at radius 2 is 1.95 bits per heavy atom. The van der Waals surface area contributed by atoms with Crippen molar-refractivity contribution in [1.82, 2.24) is 14.5 Å². The largest absolute Gasteiger partial charge is 0.478 e. The highest BCUT2D eigenvalue weighted by Crippen LogP contribution is 2.27. The van der Waals surface area contributed by atoms with Crippen LogP contribution in [0.2, 0.25) is 5.02 Å². The third-order valence-corrected chi connectivity index (χ3v) is 3.86. The molecule has 0 radical (unpaired) electrons. The number of hydrogen-bond donors (Lipinski definition) is 1. The van der Waals surface area contributed by atoms with Crippen molar-refractivity contribution < 1.29 is 9.90 Å². The number of imidazole rings is 1. The van der Waals surface area contributed by atoms with Crippen LogP contribution < -0.4 is 0 Å². The van der Waals surface area contributed by atoms with Crippen LogP contribution >= 0.6 is 11.6 Å². The quantitative estimate of drug-likeness (QED) is 0.788. The van der Waals surface area contributed by atoms with Gasteiger partial charge in [0.2, 0.25) is 0 Å². The number of nitrogens with zero attached hydrogens (tertiary/aromatic N) is 3. The van der Waals surface area contributed by atoms with Crippen molar-refractivity contribution in [1.29, 1.82) is 0 Å². The Bertz CT molecular complexity index is 871. The molecule has 3 rings (SSSR count). The maximum Gasteiger partial charge on any atom is 0.337 e. The zero-order valence-corrected chi connectivity index (χ0v) is 12.2. The molecule has 21 heavy (non-hydrogen) atoms. The van der Waals surface area contributed by atoms with Crippen molar-refractivity contribution in [2.24, 2.45) is 0 Å². The average Bonchev–Trinajstić information content (AvgIpc) is 2.82. The first-order valence-electron chi connectivity index (χ1n) is 6.31. The highest BCUT2D eigenvalue weighted by molar-refractivity contribution is 6.35. The molecule has 3 aromatic rings. The second-order valence-electron chi connectivity index (χ2n) is 4.84. The van der Waals surface area contributed by atoms with Crippen molar-refractivity contribution in [3.8, 4) is 5.82 Å². The summed E-state index contributed by atoms with van der Waals surface area (Å²) in [6, 6.07) is 5.35. The fraction of sp³-hybridized carbons (Fsp3) is 0.133. The van der Waals surface area contributed by atoms with Crippen LogP contribution in [0.5, 0.6) is 0 Å². The van der Waals surface area contributed by atoms with Gasteiger partial charge in [0.05, 0.1) is 21.6 Å². The SMILES string of the molecule is Cc1cc2ncn(-c3nccc(C(=O)O)c3Cl)c2cc1C. The zero-order valence-electron chi connectivity index (χ0n) is 11.5. The summed E-state index contributed by atoms with van der Waals surface area (Å²) in [5.74, 6) is -0.720. The Hall–Kier alpha value is -2.40. The van der Waals surface area contributed by atoms with Crippen LogP contribution in [0.3, 0.4) is 0 Å². The maximum atomic E-state index is 11.2. The van der Waals surface area contributed by atoms with Crippen molar-refractivity contribution in [2.45, 2.75) is 13.8 Å². The van der Waals surface area contributed by atoms with Gasteiger partial charge in [-0.3, -0.25) is 4.57 Å². The van der Waals surface area contributed by atoms with E-state index in [2.05, 4.69) is 9.97 Å². The molecule has 1 aromatic carbocycles. The molecule has 0 bridgehead atoms. The molecule has 0 saturated heterocycles. The van der Waals surface area contributed by atoms with Crippen LogP contribution in [0.1, 0.15) is 21.5 Å². The van der Waals surface area contributed by atoms with Crippen molar-refractivity contribution in [2.75, 3.05) is 0 Å². The molecule has 0 atom stereocenters. The molecular weight excluding hydrogens is 290 g/mol. The number of aryl methyl sites for hydroxylation is 2. The summed E-state index contributed by atoms with van der Waals surface area (Å²) in [4.78, 5) is 19.7. The van der Waals surface area contributed by atoms with Crippen molar-refractivity contribution >= 4 is 28.6 Å². The first kappa shape index (κ1) is 13.6. The summed E-state index contributed by atoms with van der Waals surface area (Å²) >= 11 is 6.17. The van der Waals surface area contributed by atoms with Crippen LogP contribution in [0, 0.1) is 13.8 Å². The van der Waals surface area contributed by atoms with E-state index in [4.69, 9.17) is 16.7 Å². The molecule has 1 N–H and O–H groups in total. The third-order valence-electron chi connectivity index (χ3n) is 3.49. The average molecular weight is 302 g/mol. The predicted molar refractivity (Wildman–Crippen MR) is 80.3 cm³/mol. The van der Waals surface area contributed by atoms with Gasteiger partial charge in [0.25, 0.3) is 0 Å². The van der Waals surface area contributed by atoms with E-state index >= 15 is 0 Å². The van der Waals surface area contributed by atoms with Gasteiger partial charge >= 0.3 is 5.97 Å². The highest BCUT2D eigenvalue weighted by atomic mass is 35.5. The zero-order chi connectivity index (χ0) is 15.1. The summed E-state index contributed by atoms with van der Waals surface area (Å²) in [5, 5.41) is 9.24. The Kier molecular flexibility index (Phi) is 3.14. The highest BCUT2D eigenvalue weighted by Gasteiger charge is 2.16. The van der Waals surface area contributed by atoms with Crippen molar-refractivity contribution in [3.05, 3.63) is 52.4 Å². The van der Waals surface area contributed by atoms with E-state index in [1.165, 1.54) is 12.3 Å². The number of rotatable bonds is 2. The molecular formula is C15H12ClN3O2. The van der Waals surface area contributed by atoms with Crippen LogP contribution in [0.4, 0.5) is 0 Å². The van der Waals surface area contributed by atoms with E-state index in [0.29, 0.717) is 5.82 Å². The van der Waals surface area contributed by atoms with Gasteiger partial charge in [0.1, 0.15) is 6.33 Å². The van der Waals surface area contributed by atoms with Gasteiger partial charge in [0.15, 0.2) is 5.82 Å². The molecule has 0 saturated carbocycles. The minimum atomic E-state index is -1.08. The maximum absolute atomic E-state index is 11.2. The summed E-state index contributed by atoms with van der Waals surface area (Å²) < 4.78 is 1.70. The summed E-state index contributed by atoms with van der Waals surface area (Å²) in [5.41, 5.74) is 3.94. The lowest BCUT2D eigenvalue weighted by Gasteiger charge is -2.08. The number of carboxylic acid groups (broad SMARTS) is 1. The van der Waals surface area contributed by atoms with Gasteiger partial charge in [-0.25, -0.2) is 14.8 Å². The van der Waals surface area contributed by atoms with E-state index in [1.54, 1.807) is 10.9 Å². The monoisotopic (exact) mass is 301 g/mol. The van der Waals surface area contributed by atoms with Crippen LogP contribution in [0.25, 0.3) is 16.9 Å². The smallest absolute Gasteiger partial charge is 0.337 e. The molecule has 2 aromatic heterocycles. The Labute approximate surface area is 125 Å². The van der Waals surface area contributed by atoms with Crippen LogP contribution in [-0.2, 0) is 0 Å². The summed E-state index contributed by atoms with van der Waals surface area (Å²) in [6.07, 6.45) is 3.03. The molecule has 0 aliphatic carbocycles. The lowest BCUT2D eigenvalue weighted by atomic mass is 10.1. The van der Waals surface area contributed by atoms with Gasteiger partial charge in [-0.1, -0.05) is 11.6 Å². The second-order valence-corrected chi connectivity index (χ2v) is 5.22. The fourth-order valence-corrected chi connectivity index (χ4v) is 2.48. The minimum Gasteiger partial charge on any atom is -0.478 e. The van der Waals surface area contributed by atoms with Gasteiger partial charge in [-0.05, 0) is 43.2 Å². The van der Waals surface area contributed by atoms with Gasteiger partial charge in [-0.2, -0.15) is 0 Å². The first-order chi connectivity index (χ1) is 9.99. The van der Waals surface area contributed by atoms with E-state index in [0.717, 1.165) is 22.2 Å². The molecule has 0 aliphatic heterocycles. The van der Waals surface area contributed by atoms with Crippen LogP contribution in [-0.4, -0.2) is 25.6 Å². The molecule has 5 nitrogen and oxygen atoms in total. The number of carboxylic acids is 1. The van der Waals surface area contributed by atoms with Gasteiger partial charge in [-0.15, -0.1) is 0 Å². The number of aromatic nitrogens is 3. The summed E-state index contributed by atoms with van der Waals surface area (Å²) in [7, 11) is 0. The van der Waals surface area contributed by atoms with Gasteiger partial charge < -0.3 is 5.11 Å². The van der Waals surface area contributed by atoms with E-state index in [1.807, 2.05) is 26.0 Å². The molecule has 0 spiro atoms. The normalized spacial score (nSPS) is 11.0. The number of benzene rings is 1. The molecule has 2 heterocycles. The van der Waals surface area contributed by atoms with Crippen LogP contribution in [0.15, 0.2) is 30.7 Å². The summed E-state index contributed by atoms with van der Waals surface area (Å²) in [6.45, 7) is 4.03. The number of pyridine rings is 1. The molecule has 0 amide bonds. The van der Waals surface area contributed by atoms with E-state index in [-0.39, 0.29) is 10.6 Å². The molecule has 0 unspecified atom stereocenters. The number of carbonyl (C=O) groups is 1. The Balaban J connectivity index is 2.29. The lowest BCUT2D eigenvalue weighted by Crippen LogP contribution is -2.04. The Morgan fingerprint density at radius 3 is 2.67 bits per heavy atom. The number of fused-ring (bicyclic) bond motifs is 1. The second kappa shape index (κ2) is 4.86. The fourth-order valence-electron chi connectivity index (χ4n) is 2.20. The lowest BCUT2D eigenvalue weighted by molar-refractivity contribution is 0.0697. The van der Waals surface area contributed by atoms with E-state index < -0.39 is 5.97 Å². The Morgan fingerprint density at radius 1 is 1.24 bits per heavy atom. The van der Waals surface area contributed by atoms with Gasteiger partial charge in [0, 0.05) is 6.20 Å². The third kappa shape index (κ3) is 2.15. The molecule has 6 heteroatoms. The minimum absolute atomic E-state index is 0.0207. The molecule has 0 aliphatic rings. The molecule has 0 fully saturated rings. The standard InChI is InChI=1S/C15H12ClN3O2/c1-8-5-11-12(6-9(8)2)19(7-18-11)14-13(16)10(15(20)21)3-4-17-14/h3-7H,1-2H3,(H,20,21). The van der Waals surface area contributed by atoms with E-state index in [9.17, 15) is 4.79 Å².